The first-order chi connectivity index (χ1) is 8.80. The molecular formula is C13H20ClNO3S. The molecule has 2 N–H and O–H groups in total. The summed E-state index contributed by atoms with van der Waals surface area (Å²) < 4.78 is 26.4. The van der Waals surface area contributed by atoms with Gasteiger partial charge < -0.3 is 5.11 Å². The Bertz CT molecular complexity index is 497. The summed E-state index contributed by atoms with van der Waals surface area (Å²) in [6.07, 6.45) is 1.18. The molecule has 0 spiro atoms. The number of nitrogens with one attached hydrogen (secondary N) is 1. The maximum absolute atomic E-state index is 12.0. The highest BCUT2D eigenvalue weighted by Gasteiger charge is 2.22. The zero-order valence-electron chi connectivity index (χ0n) is 11.2. The van der Waals surface area contributed by atoms with Crippen LogP contribution in [0.3, 0.4) is 0 Å². The second-order valence-corrected chi connectivity index (χ2v) is 6.90. The van der Waals surface area contributed by atoms with Crippen LogP contribution in [-0.4, -0.2) is 31.6 Å². The number of halogens is 1. The Hall–Kier alpha value is -0.620. The van der Waals surface area contributed by atoms with E-state index < -0.39 is 15.6 Å². The Morgan fingerprint density at radius 1 is 1.32 bits per heavy atom. The minimum Gasteiger partial charge on any atom is -0.389 e. The highest BCUT2D eigenvalue weighted by atomic mass is 35.5. The minimum absolute atomic E-state index is 0.00470. The molecule has 0 aliphatic rings. The van der Waals surface area contributed by atoms with E-state index in [0.29, 0.717) is 18.7 Å². The number of benzene rings is 1. The van der Waals surface area contributed by atoms with Crippen molar-refractivity contribution >= 4 is 21.6 Å². The summed E-state index contributed by atoms with van der Waals surface area (Å²) in [4.78, 5) is 0.192. The lowest BCUT2D eigenvalue weighted by molar-refractivity contribution is 0.0613. The van der Waals surface area contributed by atoms with Gasteiger partial charge in [-0.25, -0.2) is 13.1 Å². The van der Waals surface area contributed by atoms with Gasteiger partial charge in [-0.05, 0) is 37.5 Å². The second-order valence-electron chi connectivity index (χ2n) is 4.76. The topological polar surface area (TPSA) is 66.4 Å². The molecule has 1 aromatic rings. The number of hydrogen-bond acceptors (Lipinski definition) is 3. The summed E-state index contributed by atoms with van der Waals surface area (Å²) >= 11 is 5.62. The average molecular weight is 306 g/mol. The first kappa shape index (κ1) is 16.4. The fourth-order valence-corrected chi connectivity index (χ4v) is 2.78. The maximum atomic E-state index is 12.0. The first-order valence-electron chi connectivity index (χ1n) is 6.18. The standard InChI is InChI=1S/C13H20ClNO3S/c1-3-13(2,16)10-15-19(17,18)12-6-4-11(5-7-12)8-9-14/h4-7,15-16H,3,8-10H2,1-2H3. The molecule has 0 bridgehead atoms. The summed E-state index contributed by atoms with van der Waals surface area (Å²) in [6, 6.07) is 6.58. The van der Waals surface area contributed by atoms with Crippen molar-refractivity contribution in [1.29, 1.82) is 0 Å². The van der Waals surface area contributed by atoms with Gasteiger partial charge in [0, 0.05) is 12.4 Å². The first-order valence-corrected chi connectivity index (χ1v) is 8.19. The third-order valence-electron chi connectivity index (χ3n) is 3.02. The molecule has 6 heteroatoms. The van der Waals surface area contributed by atoms with E-state index in [1.54, 1.807) is 38.1 Å². The van der Waals surface area contributed by atoms with E-state index in [4.69, 9.17) is 11.6 Å². The quantitative estimate of drug-likeness (QED) is 0.756. The number of aliphatic hydroxyl groups is 1. The monoisotopic (exact) mass is 305 g/mol. The zero-order valence-corrected chi connectivity index (χ0v) is 12.8. The summed E-state index contributed by atoms with van der Waals surface area (Å²) in [6.45, 7) is 3.39. The predicted molar refractivity (Wildman–Crippen MR) is 77.0 cm³/mol. The van der Waals surface area contributed by atoms with Gasteiger partial charge in [0.05, 0.1) is 10.5 Å². The molecule has 0 amide bonds. The highest BCUT2D eigenvalue weighted by molar-refractivity contribution is 7.89. The fourth-order valence-electron chi connectivity index (χ4n) is 1.40. The lowest BCUT2D eigenvalue weighted by atomic mass is 10.1. The van der Waals surface area contributed by atoms with Crippen molar-refractivity contribution in [3.05, 3.63) is 29.8 Å². The van der Waals surface area contributed by atoms with E-state index in [0.717, 1.165) is 5.56 Å². The van der Waals surface area contributed by atoms with Crippen molar-refractivity contribution in [2.45, 2.75) is 37.2 Å². The third-order valence-corrected chi connectivity index (χ3v) is 4.63. The second kappa shape index (κ2) is 6.70. The van der Waals surface area contributed by atoms with E-state index in [9.17, 15) is 13.5 Å². The molecule has 0 aliphatic heterocycles. The average Bonchev–Trinajstić information content (AvgIpc) is 2.38. The molecule has 1 aromatic carbocycles. The van der Waals surface area contributed by atoms with Gasteiger partial charge in [0.1, 0.15) is 0 Å². The van der Waals surface area contributed by atoms with Gasteiger partial charge in [0.15, 0.2) is 0 Å². The van der Waals surface area contributed by atoms with Crippen molar-refractivity contribution < 1.29 is 13.5 Å². The van der Waals surface area contributed by atoms with Gasteiger partial charge in [-0.15, -0.1) is 11.6 Å². The Kier molecular flexibility index (Phi) is 5.80. The lowest BCUT2D eigenvalue weighted by Gasteiger charge is -2.21. The van der Waals surface area contributed by atoms with Gasteiger partial charge >= 0.3 is 0 Å². The Balaban J connectivity index is 2.77. The van der Waals surface area contributed by atoms with E-state index in [1.807, 2.05) is 0 Å². The molecule has 1 rings (SSSR count). The van der Waals surface area contributed by atoms with Crippen LogP contribution in [0.4, 0.5) is 0 Å². The summed E-state index contributed by atoms with van der Waals surface area (Å²) in [5, 5.41) is 9.81. The molecule has 0 fully saturated rings. The van der Waals surface area contributed by atoms with Gasteiger partial charge in [0.25, 0.3) is 0 Å². The van der Waals surface area contributed by atoms with Gasteiger partial charge in [-0.3, -0.25) is 0 Å². The number of hydrogen-bond donors (Lipinski definition) is 2. The van der Waals surface area contributed by atoms with Crippen LogP contribution in [0, 0.1) is 0 Å². The molecule has 0 saturated heterocycles. The summed E-state index contributed by atoms with van der Waals surface area (Å²) in [5.41, 5.74) is -0.0412. The van der Waals surface area contributed by atoms with Crippen LogP contribution in [0.5, 0.6) is 0 Å². The smallest absolute Gasteiger partial charge is 0.240 e. The molecule has 0 aliphatic carbocycles. The van der Waals surface area contributed by atoms with Crippen molar-refractivity contribution in [2.24, 2.45) is 0 Å². The minimum atomic E-state index is -3.58. The van der Waals surface area contributed by atoms with E-state index in [2.05, 4.69) is 4.72 Å². The highest BCUT2D eigenvalue weighted by Crippen LogP contribution is 2.13. The van der Waals surface area contributed by atoms with E-state index >= 15 is 0 Å². The van der Waals surface area contributed by atoms with Crippen molar-refractivity contribution in [2.75, 3.05) is 12.4 Å². The summed E-state index contributed by atoms with van der Waals surface area (Å²) in [5.74, 6) is 0.504. The molecule has 108 valence electrons. The Morgan fingerprint density at radius 2 is 1.89 bits per heavy atom. The Labute approximate surface area is 119 Å². The van der Waals surface area contributed by atoms with Gasteiger partial charge in [-0.1, -0.05) is 19.1 Å². The van der Waals surface area contributed by atoms with Crippen LogP contribution in [0.15, 0.2) is 29.2 Å². The van der Waals surface area contributed by atoms with Crippen molar-refractivity contribution in [1.82, 2.24) is 4.72 Å². The molecule has 0 radical (unpaired) electrons. The van der Waals surface area contributed by atoms with E-state index in [1.165, 1.54) is 0 Å². The molecule has 1 atom stereocenters. The number of rotatable bonds is 7. The van der Waals surface area contributed by atoms with Crippen LogP contribution in [0.25, 0.3) is 0 Å². The van der Waals surface area contributed by atoms with Crippen LogP contribution >= 0.6 is 11.6 Å². The van der Waals surface area contributed by atoms with Crippen molar-refractivity contribution in [3.8, 4) is 0 Å². The molecular weight excluding hydrogens is 286 g/mol. The molecule has 4 nitrogen and oxygen atoms in total. The zero-order chi connectivity index (χ0) is 14.5. The van der Waals surface area contributed by atoms with Gasteiger partial charge in [0.2, 0.25) is 10.0 Å². The number of alkyl halides is 1. The molecule has 0 aromatic heterocycles. The van der Waals surface area contributed by atoms with Crippen LogP contribution in [0.1, 0.15) is 25.8 Å². The van der Waals surface area contributed by atoms with Crippen LogP contribution in [-0.2, 0) is 16.4 Å². The molecule has 0 heterocycles. The Morgan fingerprint density at radius 3 is 2.37 bits per heavy atom. The summed E-state index contributed by atoms with van der Waals surface area (Å²) in [7, 11) is -3.58. The predicted octanol–water partition coefficient (Wildman–Crippen LogP) is 1.91. The maximum Gasteiger partial charge on any atom is 0.240 e. The van der Waals surface area contributed by atoms with Crippen LogP contribution < -0.4 is 4.72 Å². The fraction of sp³-hybridized carbons (Fsp3) is 0.538. The molecule has 1 unspecified atom stereocenters. The molecule has 19 heavy (non-hydrogen) atoms. The third kappa shape index (κ3) is 5.10. The van der Waals surface area contributed by atoms with Gasteiger partial charge in [-0.2, -0.15) is 0 Å². The lowest BCUT2D eigenvalue weighted by Crippen LogP contribution is -2.40. The van der Waals surface area contributed by atoms with Crippen molar-refractivity contribution in [3.63, 3.8) is 0 Å². The molecule has 0 saturated carbocycles. The number of aryl methyl sites for hydroxylation is 1. The van der Waals surface area contributed by atoms with E-state index in [-0.39, 0.29) is 11.4 Å². The SMILES string of the molecule is CCC(C)(O)CNS(=O)(=O)c1ccc(CCCl)cc1. The largest absolute Gasteiger partial charge is 0.389 e. The normalized spacial score (nSPS) is 15.2. The van der Waals surface area contributed by atoms with Crippen LogP contribution in [0.2, 0.25) is 0 Å². The number of sulfonamides is 1.